The zero-order chi connectivity index (χ0) is 14.0. The first kappa shape index (κ1) is 14.8. The number of alkyl halides is 1. The lowest BCUT2D eigenvalue weighted by Crippen LogP contribution is -1.98. The molecule has 0 aliphatic rings. The van der Waals surface area contributed by atoms with Gasteiger partial charge in [0.1, 0.15) is 11.6 Å². The fourth-order valence-corrected chi connectivity index (χ4v) is 3.23. The maximum atomic E-state index is 14.0. The summed E-state index contributed by atoms with van der Waals surface area (Å²) in [5.74, 6) is 0.151. The Kier molecular flexibility index (Phi) is 4.87. The third-order valence-corrected chi connectivity index (χ3v) is 5.03. The average molecular weight is 408 g/mol. The Hall–Kier alpha value is -0.580. The lowest BCUT2D eigenvalue weighted by Gasteiger charge is -2.14. The smallest absolute Gasteiger partial charge is 0.131 e. The van der Waals surface area contributed by atoms with E-state index in [9.17, 15) is 4.39 Å². The van der Waals surface area contributed by atoms with Crippen LogP contribution in [0.2, 0.25) is 5.02 Å². The van der Waals surface area contributed by atoms with Crippen LogP contribution in [0.25, 0.3) is 0 Å². The molecule has 2 aromatic rings. The molecule has 2 aromatic carbocycles. The van der Waals surface area contributed by atoms with Crippen molar-refractivity contribution in [2.45, 2.75) is 4.83 Å². The van der Waals surface area contributed by atoms with Crippen molar-refractivity contribution in [3.05, 3.63) is 62.8 Å². The number of rotatable bonds is 3. The van der Waals surface area contributed by atoms with Crippen LogP contribution in [-0.2, 0) is 0 Å². The summed E-state index contributed by atoms with van der Waals surface area (Å²) in [5, 5.41) is 0.569. The first-order valence-electron chi connectivity index (χ1n) is 5.46. The quantitative estimate of drug-likeness (QED) is 0.589. The van der Waals surface area contributed by atoms with Gasteiger partial charge >= 0.3 is 0 Å². The standard InChI is InChI=1S/C14H10Br2ClFO/c1-19-8-5-6-9(12(18)7-8)13(16)10-3-2-4-11(15)14(10)17/h2-7,13H,1H3. The van der Waals surface area contributed by atoms with Crippen molar-refractivity contribution in [3.63, 3.8) is 0 Å². The largest absolute Gasteiger partial charge is 0.497 e. The van der Waals surface area contributed by atoms with Gasteiger partial charge in [0.2, 0.25) is 0 Å². The minimum atomic E-state index is -0.336. The normalized spacial score (nSPS) is 12.3. The van der Waals surface area contributed by atoms with Crippen LogP contribution in [0.5, 0.6) is 5.75 Å². The second-order valence-corrected chi connectivity index (χ2v) is 6.04. The summed E-state index contributed by atoms with van der Waals surface area (Å²) in [4.78, 5) is -0.316. The molecule has 0 bridgehead atoms. The number of hydrogen-bond donors (Lipinski definition) is 0. The number of halogens is 4. The van der Waals surface area contributed by atoms with Crippen LogP contribution in [0.3, 0.4) is 0 Å². The molecule has 0 heterocycles. The highest BCUT2D eigenvalue weighted by Gasteiger charge is 2.19. The predicted octanol–water partition coefficient (Wildman–Crippen LogP) is 5.73. The number of benzene rings is 2. The van der Waals surface area contributed by atoms with E-state index in [1.165, 1.54) is 13.2 Å². The van der Waals surface area contributed by atoms with Gasteiger partial charge in [-0.2, -0.15) is 0 Å². The van der Waals surface area contributed by atoms with Gasteiger partial charge in [0.25, 0.3) is 0 Å². The molecule has 0 aliphatic heterocycles. The lowest BCUT2D eigenvalue weighted by atomic mass is 10.0. The Morgan fingerprint density at radius 2 is 1.95 bits per heavy atom. The van der Waals surface area contributed by atoms with Crippen LogP contribution in [0.15, 0.2) is 40.9 Å². The third-order valence-electron chi connectivity index (χ3n) is 2.74. The van der Waals surface area contributed by atoms with Crippen LogP contribution in [0, 0.1) is 5.82 Å². The van der Waals surface area contributed by atoms with E-state index >= 15 is 0 Å². The molecule has 0 fully saturated rings. The summed E-state index contributed by atoms with van der Waals surface area (Å²) in [6.45, 7) is 0. The first-order chi connectivity index (χ1) is 9.04. The van der Waals surface area contributed by atoms with E-state index in [0.717, 1.165) is 10.0 Å². The van der Waals surface area contributed by atoms with Crippen LogP contribution in [0.4, 0.5) is 4.39 Å². The van der Waals surface area contributed by atoms with Gasteiger partial charge in [-0.3, -0.25) is 0 Å². The molecule has 100 valence electrons. The molecule has 0 saturated carbocycles. The molecule has 2 rings (SSSR count). The Labute approximate surface area is 133 Å². The second kappa shape index (κ2) is 6.25. The maximum absolute atomic E-state index is 14.0. The fourth-order valence-electron chi connectivity index (χ4n) is 1.72. The van der Waals surface area contributed by atoms with Crippen LogP contribution in [-0.4, -0.2) is 7.11 Å². The van der Waals surface area contributed by atoms with Crippen molar-refractivity contribution in [2.24, 2.45) is 0 Å². The highest BCUT2D eigenvalue weighted by Crippen LogP contribution is 2.39. The Morgan fingerprint density at radius 3 is 2.58 bits per heavy atom. The van der Waals surface area contributed by atoms with E-state index < -0.39 is 0 Å². The zero-order valence-corrected chi connectivity index (χ0v) is 13.9. The summed E-state index contributed by atoms with van der Waals surface area (Å²) in [5.41, 5.74) is 1.32. The molecule has 0 N–H and O–H groups in total. The number of methoxy groups -OCH3 is 1. The topological polar surface area (TPSA) is 9.23 Å². The molecule has 0 aromatic heterocycles. The third kappa shape index (κ3) is 3.12. The highest BCUT2D eigenvalue weighted by atomic mass is 79.9. The Morgan fingerprint density at radius 1 is 1.21 bits per heavy atom. The van der Waals surface area contributed by atoms with E-state index in [-0.39, 0.29) is 10.6 Å². The van der Waals surface area contributed by atoms with Gasteiger partial charge in [0.15, 0.2) is 0 Å². The molecular formula is C14H10Br2ClFO. The summed E-state index contributed by atoms with van der Waals surface area (Å²) in [6.07, 6.45) is 0. The Bertz CT molecular complexity index is 604. The first-order valence-corrected chi connectivity index (χ1v) is 7.54. The molecule has 0 saturated heterocycles. The number of hydrogen-bond acceptors (Lipinski definition) is 1. The van der Waals surface area contributed by atoms with Gasteiger partial charge in [-0.1, -0.05) is 45.7 Å². The van der Waals surface area contributed by atoms with Gasteiger partial charge in [-0.05, 0) is 33.6 Å². The molecular weight excluding hydrogens is 398 g/mol. The lowest BCUT2D eigenvalue weighted by molar-refractivity contribution is 0.411. The molecule has 1 atom stereocenters. The van der Waals surface area contributed by atoms with Gasteiger partial charge in [-0.15, -0.1) is 0 Å². The van der Waals surface area contributed by atoms with Crippen molar-refractivity contribution in [2.75, 3.05) is 7.11 Å². The van der Waals surface area contributed by atoms with Crippen molar-refractivity contribution >= 4 is 43.5 Å². The molecule has 19 heavy (non-hydrogen) atoms. The zero-order valence-electron chi connectivity index (χ0n) is 9.96. The van der Waals surface area contributed by atoms with E-state index in [1.807, 2.05) is 18.2 Å². The average Bonchev–Trinajstić information content (AvgIpc) is 2.41. The minimum absolute atomic E-state index is 0.316. The Balaban J connectivity index is 2.44. The SMILES string of the molecule is COc1ccc(C(Br)c2cccc(Br)c2Cl)c(F)c1. The summed E-state index contributed by atoms with van der Waals surface area (Å²) < 4.78 is 19.8. The summed E-state index contributed by atoms with van der Waals surface area (Å²) in [7, 11) is 1.51. The van der Waals surface area contributed by atoms with E-state index in [2.05, 4.69) is 31.9 Å². The van der Waals surface area contributed by atoms with E-state index in [0.29, 0.717) is 16.3 Å². The monoisotopic (exact) mass is 406 g/mol. The minimum Gasteiger partial charge on any atom is -0.497 e. The van der Waals surface area contributed by atoms with Crippen LogP contribution in [0.1, 0.15) is 16.0 Å². The summed E-state index contributed by atoms with van der Waals surface area (Å²) in [6, 6.07) is 10.3. The molecule has 5 heteroatoms. The van der Waals surface area contributed by atoms with Gasteiger partial charge in [0.05, 0.1) is 17.0 Å². The predicted molar refractivity (Wildman–Crippen MR) is 82.9 cm³/mol. The molecule has 0 amide bonds. The van der Waals surface area contributed by atoms with E-state index in [1.54, 1.807) is 12.1 Å². The van der Waals surface area contributed by atoms with Gasteiger partial charge in [-0.25, -0.2) is 4.39 Å². The van der Waals surface area contributed by atoms with Gasteiger partial charge < -0.3 is 4.74 Å². The van der Waals surface area contributed by atoms with Crippen LogP contribution < -0.4 is 4.74 Å². The van der Waals surface area contributed by atoms with Crippen LogP contribution >= 0.6 is 43.5 Å². The molecule has 0 aliphatic carbocycles. The highest BCUT2D eigenvalue weighted by molar-refractivity contribution is 9.10. The van der Waals surface area contributed by atoms with Gasteiger partial charge in [0, 0.05) is 16.1 Å². The molecule has 0 spiro atoms. The van der Waals surface area contributed by atoms with Crippen molar-refractivity contribution in [3.8, 4) is 5.75 Å². The number of ether oxygens (including phenoxy) is 1. The van der Waals surface area contributed by atoms with Crippen molar-refractivity contribution < 1.29 is 9.13 Å². The molecule has 0 radical (unpaired) electrons. The van der Waals surface area contributed by atoms with Crippen molar-refractivity contribution in [1.29, 1.82) is 0 Å². The second-order valence-electron chi connectivity index (χ2n) is 3.89. The molecule has 1 nitrogen and oxygen atoms in total. The van der Waals surface area contributed by atoms with E-state index in [4.69, 9.17) is 16.3 Å². The maximum Gasteiger partial charge on any atom is 0.131 e. The van der Waals surface area contributed by atoms with Crippen molar-refractivity contribution in [1.82, 2.24) is 0 Å². The molecule has 1 unspecified atom stereocenters. The summed E-state index contributed by atoms with van der Waals surface area (Å²) >= 11 is 13.1. The fraction of sp³-hybridized carbons (Fsp3) is 0.143.